The molecule has 0 aromatic heterocycles. The maximum absolute atomic E-state index is 12.1. The Morgan fingerprint density at radius 3 is 2.28 bits per heavy atom. The minimum Gasteiger partial charge on any atom is -0.371 e. The average molecular weight is 566 g/mol. The third-order valence-electron chi connectivity index (χ3n) is 9.13. The van der Waals surface area contributed by atoms with Crippen LogP contribution in [0.4, 0.5) is 5.69 Å². The summed E-state index contributed by atoms with van der Waals surface area (Å²) in [4.78, 5) is 17.3. The van der Waals surface area contributed by atoms with Gasteiger partial charge in [0.15, 0.2) is 15.0 Å². The second-order valence-electron chi connectivity index (χ2n) is 11.6. The molecule has 1 saturated carbocycles. The van der Waals surface area contributed by atoms with E-state index in [1.807, 2.05) is 18.2 Å². The van der Waals surface area contributed by atoms with E-state index < -0.39 is 15.3 Å². The Labute approximate surface area is 237 Å². The number of nitriles is 1. The van der Waals surface area contributed by atoms with E-state index in [1.165, 1.54) is 18.0 Å². The summed E-state index contributed by atoms with van der Waals surface area (Å²) in [5.41, 5.74) is 1.65. The van der Waals surface area contributed by atoms with Crippen LogP contribution in [-0.2, 0) is 20.0 Å². The fraction of sp³-hybridized carbons (Fsp3) is 0.548. The van der Waals surface area contributed by atoms with Gasteiger partial charge in [0.1, 0.15) is 0 Å². The van der Waals surface area contributed by atoms with Crippen LogP contribution in [0.5, 0.6) is 0 Å². The summed E-state index contributed by atoms with van der Waals surface area (Å²) in [6.45, 7) is 6.67. The predicted molar refractivity (Wildman–Crippen MR) is 158 cm³/mol. The van der Waals surface area contributed by atoms with E-state index in [4.69, 9.17) is 0 Å². The summed E-state index contributed by atoms with van der Waals surface area (Å²) in [5, 5.41) is 11.2. The summed E-state index contributed by atoms with van der Waals surface area (Å²) >= 11 is 1.46. The molecule has 39 heavy (non-hydrogen) atoms. The van der Waals surface area contributed by atoms with Crippen LogP contribution in [0.1, 0.15) is 44.6 Å². The smallest absolute Gasteiger partial charge is 0.186 e. The van der Waals surface area contributed by atoms with E-state index in [0.717, 1.165) is 76.1 Å². The van der Waals surface area contributed by atoms with E-state index in [9.17, 15) is 18.5 Å². The van der Waals surface area contributed by atoms with Crippen molar-refractivity contribution >= 4 is 32.4 Å². The Balaban J connectivity index is 1.22. The van der Waals surface area contributed by atoms with Gasteiger partial charge in [0.05, 0.1) is 16.4 Å². The molecule has 3 atom stereocenters. The largest absolute Gasteiger partial charge is 0.371 e. The van der Waals surface area contributed by atoms with Crippen molar-refractivity contribution in [2.75, 3.05) is 43.9 Å². The first-order chi connectivity index (χ1) is 18.7. The lowest BCUT2D eigenvalue weighted by molar-refractivity contribution is -0.109. The first-order valence-electron chi connectivity index (χ1n) is 14.1. The van der Waals surface area contributed by atoms with E-state index in [-0.39, 0.29) is 22.2 Å². The van der Waals surface area contributed by atoms with Crippen molar-refractivity contribution in [3.8, 4) is 6.07 Å². The van der Waals surface area contributed by atoms with E-state index in [2.05, 4.69) is 40.1 Å². The molecule has 2 heterocycles. The van der Waals surface area contributed by atoms with Crippen LogP contribution in [0.25, 0.3) is 0 Å². The number of hydrogen-bond donors (Lipinski definition) is 0. The molecule has 208 valence electrons. The van der Waals surface area contributed by atoms with Crippen molar-refractivity contribution < 1.29 is 13.2 Å². The van der Waals surface area contributed by atoms with Gasteiger partial charge >= 0.3 is 0 Å². The monoisotopic (exact) mass is 565 g/mol. The van der Waals surface area contributed by atoms with Gasteiger partial charge in [0.25, 0.3) is 0 Å². The Morgan fingerprint density at radius 2 is 1.69 bits per heavy atom. The summed E-state index contributed by atoms with van der Waals surface area (Å²) in [6.07, 6.45) is 6.35. The number of piperidine rings is 1. The minimum atomic E-state index is -3.17. The highest BCUT2D eigenvalue weighted by Crippen LogP contribution is 2.53. The predicted octanol–water partition coefficient (Wildman–Crippen LogP) is 5.15. The number of rotatable bonds is 8. The molecular formula is C31H39N3O3S2. The second kappa shape index (κ2) is 11.6. The third kappa shape index (κ3) is 5.91. The zero-order valence-corrected chi connectivity index (χ0v) is 24.6. The molecule has 0 spiro atoms. The van der Waals surface area contributed by atoms with Crippen molar-refractivity contribution in [3.63, 3.8) is 0 Å². The fourth-order valence-corrected chi connectivity index (χ4v) is 9.10. The number of anilines is 1. The maximum Gasteiger partial charge on any atom is 0.186 e. The molecule has 2 aromatic rings. The number of sulfone groups is 1. The number of carbonyl (C=O) groups is 1. The average Bonchev–Trinajstić information content (AvgIpc) is 3.35. The topological polar surface area (TPSA) is 81.5 Å². The van der Waals surface area contributed by atoms with Gasteiger partial charge < -0.3 is 9.80 Å². The Hall–Kier alpha value is -2.34. The van der Waals surface area contributed by atoms with E-state index in [1.54, 1.807) is 19.1 Å². The molecule has 1 unspecified atom stereocenters. The highest BCUT2D eigenvalue weighted by molar-refractivity contribution is 8.14. The zero-order chi connectivity index (χ0) is 27.6. The molecule has 0 amide bonds. The molecule has 8 heteroatoms. The molecule has 2 aliphatic heterocycles. The number of nitrogens with zero attached hydrogens (tertiary/aromatic N) is 3. The molecule has 0 radical (unpaired) electrons. The van der Waals surface area contributed by atoms with Gasteiger partial charge in [0.2, 0.25) is 0 Å². The quantitative estimate of drug-likeness (QED) is 0.438. The Bertz CT molecular complexity index is 1290. The minimum absolute atomic E-state index is 0.155. The van der Waals surface area contributed by atoms with Gasteiger partial charge in [-0.25, -0.2) is 8.42 Å². The van der Waals surface area contributed by atoms with Gasteiger partial charge in [0, 0.05) is 49.7 Å². The molecule has 3 aliphatic rings. The Morgan fingerprint density at radius 1 is 1.03 bits per heavy atom. The summed E-state index contributed by atoms with van der Waals surface area (Å²) in [5.74, 6) is 1.08. The number of likely N-dealkylation sites (tertiary alicyclic amines) is 1. The van der Waals surface area contributed by atoms with Gasteiger partial charge in [-0.1, -0.05) is 48.5 Å². The lowest BCUT2D eigenvalue weighted by atomic mass is 9.60. The molecule has 6 nitrogen and oxygen atoms in total. The molecule has 1 aliphatic carbocycles. The molecule has 0 N–H and O–H groups in total. The standard InChI is InChI=1S/C31H39N3O3S2/c1-23(35)38-30-10-6-9-29(30)31(22-32,25-7-4-3-5-8-25)26-15-17-33(18-16-26)19-24-20-34(21-24)27-11-13-28(14-12-27)39(2,36)37/h3-5,7-8,11-14,24,26,29-30H,6,9-10,15-21H2,1-2H3/t29-,30-,31?/m0/s1. The maximum atomic E-state index is 12.1. The molecule has 5 rings (SSSR count). The summed E-state index contributed by atoms with van der Waals surface area (Å²) < 4.78 is 23.5. The summed E-state index contributed by atoms with van der Waals surface area (Å²) in [6, 6.07) is 20.5. The van der Waals surface area contributed by atoms with Gasteiger partial charge in [-0.15, -0.1) is 0 Å². The van der Waals surface area contributed by atoms with Crippen molar-refractivity contribution in [3.05, 3.63) is 60.2 Å². The molecule has 2 aromatic carbocycles. The van der Waals surface area contributed by atoms with Crippen LogP contribution in [0.15, 0.2) is 59.5 Å². The van der Waals surface area contributed by atoms with Crippen LogP contribution in [-0.4, -0.2) is 62.7 Å². The van der Waals surface area contributed by atoms with Gasteiger partial charge in [-0.3, -0.25) is 4.79 Å². The molecule has 2 saturated heterocycles. The first kappa shape index (κ1) is 28.2. The first-order valence-corrected chi connectivity index (χ1v) is 16.9. The number of hydrogen-bond acceptors (Lipinski definition) is 7. The molecular weight excluding hydrogens is 526 g/mol. The normalized spacial score (nSPS) is 24.6. The lowest BCUT2D eigenvalue weighted by Crippen LogP contribution is -2.54. The van der Waals surface area contributed by atoms with Crippen LogP contribution in [0.3, 0.4) is 0 Å². The van der Waals surface area contributed by atoms with Crippen molar-refractivity contribution in [1.29, 1.82) is 5.26 Å². The highest BCUT2D eigenvalue weighted by atomic mass is 32.2. The summed E-state index contributed by atoms with van der Waals surface area (Å²) in [7, 11) is -3.17. The molecule has 3 fully saturated rings. The zero-order valence-electron chi connectivity index (χ0n) is 23.0. The fourth-order valence-electron chi connectivity index (χ4n) is 7.24. The van der Waals surface area contributed by atoms with E-state index >= 15 is 0 Å². The van der Waals surface area contributed by atoms with Crippen LogP contribution >= 0.6 is 11.8 Å². The Kier molecular flexibility index (Phi) is 8.42. The van der Waals surface area contributed by atoms with Crippen LogP contribution in [0.2, 0.25) is 0 Å². The van der Waals surface area contributed by atoms with E-state index in [0.29, 0.717) is 10.8 Å². The van der Waals surface area contributed by atoms with Crippen LogP contribution in [0, 0.1) is 29.1 Å². The lowest BCUT2D eigenvalue weighted by Gasteiger charge is -2.48. The third-order valence-corrected chi connectivity index (χ3v) is 11.5. The highest BCUT2D eigenvalue weighted by Gasteiger charge is 2.52. The molecule has 0 bridgehead atoms. The number of carbonyl (C=O) groups excluding carboxylic acids is 1. The number of thioether (sulfide) groups is 1. The van der Waals surface area contributed by atoms with Crippen molar-refractivity contribution in [1.82, 2.24) is 4.90 Å². The van der Waals surface area contributed by atoms with Crippen molar-refractivity contribution in [2.45, 2.75) is 54.6 Å². The van der Waals surface area contributed by atoms with Gasteiger partial charge in [-0.2, -0.15) is 5.26 Å². The SMILES string of the molecule is CC(=O)S[C@H]1CCC[C@@H]1C(C#N)(c1ccccc1)C1CCN(CC2CN(c3ccc(S(C)(=O)=O)cc3)C2)CC1. The second-order valence-corrected chi connectivity index (χ2v) is 15.1. The van der Waals surface area contributed by atoms with Crippen LogP contribution < -0.4 is 4.90 Å². The number of benzene rings is 2. The van der Waals surface area contributed by atoms with Crippen molar-refractivity contribution in [2.24, 2.45) is 17.8 Å². The van der Waals surface area contributed by atoms with Gasteiger partial charge in [-0.05, 0) is 80.4 Å².